The van der Waals surface area contributed by atoms with E-state index in [1.165, 1.54) is 11.5 Å². The lowest BCUT2D eigenvalue weighted by molar-refractivity contribution is 0.967. The summed E-state index contributed by atoms with van der Waals surface area (Å²) in [6.07, 6.45) is 4.47. The second-order valence-corrected chi connectivity index (χ2v) is 5.21. The molecule has 0 aliphatic heterocycles. The first-order chi connectivity index (χ1) is 7.88. The molecule has 2 heterocycles. The molecule has 0 unspecified atom stereocenters. The largest absolute Gasteiger partial charge is 0.370 e. The van der Waals surface area contributed by atoms with Crippen molar-refractivity contribution in [1.29, 1.82) is 0 Å². The van der Waals surface area contributed by atoms with Gasteiger partial charge in [-0.3, -0.25) is 0 Å². The van der Waals surface area contributed by atoms with Gasteiger partial charge < -0.3 is 5.32 Å². The molecule has 2 aromatic rings. The smallest absolute Gasteiger partial charge is 0.174 e. The highest BCUT2D eigenvalue weighted by Gasteiger charge is 2.01. The Hall–Kier alpha value is -1.14. The number of hydrogen-bond acceptors (Lipinski definition) is 6. The van der Waals surface area contributed by atoms with Crippen LogP contribution >= 0.6 is 23.3 Å². The Labute approximate surface area is 103 Å². The Balaban J connectivity index is 2.04. The first-order valence-electron chi connectivity index (χ1n) is 5.03. The van der Waals surface area contributed by atoms with Crippen LogP contribution in [0.3, 0.4) is 0 Å². The van der Waals surface area contributed by atoms with Gasteiger partial charge in [0, 0.05) is 17.6 Å². The number of anilines is 1. The van der Waals surface area contributed by atoms with E-state index in [2.05, 4.69) is 26.6 Å². The molecule has 0 radical (unpaired) electrons. The summed E-state index contributed by atoms with van der Waals surface area (Å²) < 4.78 is 4.92. The van der Waals surface area contributed by atoms with Crippen LogP contribution in [0.1, 0.15) is 13.3 Å². The third-order valence-electron chi connectivity index (χ3n) is 1.83. The molecule has 84 valence electrons. The summed E-state index contributed by atoms with van der Waals surface area (Å²) in [5.41, 5.74) is 0. The molecule has 0 amide bonds. The van der Waals surface area contributed by atoms with Crippen molar-refractivity contribution < 1.29 is 0 Å². The molecule has 0 aliphatic carbocycles. The summed E-state index contributed by atoms with van der Waals surface area (Å²) in [7, 11) is 0. The maximum absolute atomic E-state index is 4.25. The quantitative estimate of drug-likeness (QED) is 0.886. The molecular formula is C10H12N4S2. The lowest BCUT2D eigenvalue weighted by Crippen LogP contribution is -2.01. The predicted molar refractivity (Wildman–Crippen MR) is 67.0 cm³/mol. The minimum absolute atomic E-state index is 0.913. The van der Waals surface area contributed by atoms with Crippen LogP contribution in [0.2, 0.25) is 0 Å². The molecule has 0 fully saturated rings. The van der Waals surface area contributed by atoms with Gasteiger partial charge in [0.1, 0.15) is 12.1 Å². The lowest BCUT2D eigenvalue weighted by atomic mass is 10.4. The zero-order chi connectivity index (χ0) is 11.2. The SMILES string of the molecule is CCCNc1cc(Sc2ncns2)ccn1. The first-order valence-corrected chi connectivity index (χ1v) is 6.62. The maximum Gasteiger partial charge on any atom is 0.174 e. The first kappa shape index (κ1) is 11.3. The zero-order valence-electron chi connectivity index (χ0n) is 8.88. The summed E-state index contributed by atoms with van der Waals surface area (Å²) in [6.45, 7) is 3.08. The number of hydrogen-bond donors (Lipinski definition) is 1. The maximum atomic E-state index is 4.25. The molecule has 0 saturated heterocycles. The van der Waals surface area contributed by atoms with E-state index in [4.69, 9.17) is 0 Å². The Bertz CT molecular complexity index is 430. The van der Waals surface area contributed by atoms with Crippen molar-refractivity contribution in [2.24, 2.45) is 0 Å². The van der Waals surface area contributed by atoms with Gasteiger partial charge >= 0.3 is 0 Å². The van der Waals surface area contributed by atoms with Crippen LogP contribution in [0.5, 0.6) is 0 Å². The van der Waals surface area contributed by atoms with Gasteiger partial charge in [0.25, 0.3) is 0 Å². The lowest BCUT2D eigenvalue weighted by Gasteiger charge is -2.04. The number of rotatable bonds is 5. The monoisotopic (exact) mass is 252 g/mol. The Morgan fingerprint density at radius 3 is 3.12 bits per heavy atom. The van der Waals surface area contributed by atoms with E-state index in [1.807, 2.05) is 12.1 Å². The third-order valence-corrected chi connectivity index (χ3v) is 3.54. The Kier molecular flexibility index (Phi) is 4.12. The molecule has 2 rings (SSSR count). The standard InChI is InChI=1S/C10H12N4S2/c1-2-4-11-9-6-8(3-5-12-9)15-10-13-7-14-16-10/h3,5-7H,2,4H2,1H3,(H,11,12). The minimum Gasteiger partial charge on any atom is -0.370 e. The van der Waals surface area contributed by atoms with Crippen molar-refractivity contribution in [1.82, 2.24) is 14.3 Å². The molecule has 0 aromatic carbocycles. The van der Waals surface area contributed by atoms with E-state index in [-0.39, 0.29) is 0 Å². The Morgan fingerprint density at radius 1 is 1.44 bits per heavy atom. The molecule has 0 atom stereocenters. The van der Waals surface area contributed by atoms with Gasteiger partial charge in [0.05, 0.1) is 0 Å². The molecule has 4 nitrogen and oxygen atoms in total. The van der Waals surface area contributed by atoms with Crippen LogP contribution in [-0.4, -0.2) is 20.9 Å². The fourth-order valence-corrected chi connectivity index (χ4v) is 2.58. The predicted octanol–water partition coefficient (Wildman–Crippen LogP) is 2.91. The van der Waals surface area contributed by atoms with Gasteiger partial charge in [0.15, 0.2) is 4.34 Å². The molecule has 2 aromatic heterocycles. The average Bonchev–Trinajstić information content (AvgIpc) is 2.80. The molecule has 6 heteroatoms. The van der Waals surface area contributed by atoms with E-state index in [0.717, 1.165) is 28.0 Å². The highest BCUT2D eigenvalue weighted by Crippen LogP contribution is 2.28. The van der Waals surface area contributed by atoms with Gasteiger partial charge in [-0.1, -0.05) is 18.7 Å². The summed E-state index contributed by atoms with van der Waals surface area (Å²) in [5.74, 6) is 0.913. The molecule has 0 bridgehead atoms. The number of aromatic nitrogens is 3. The molecule has 16 heavy (non-hydrogen) atoms. The van der Waals surface area contributed by atoms with E-state index >= 15 is 0 Å². The Morgan fingerprint density at radius 2 is 2.38 bits per heavy atom. The summed E-state index contributed by atoms with van der Waals surface area (Å²) in [5, 5.41) is 3.26. The fraction of sp³-hybridized carbons (Fsp3) is 0.300. The highest BCUT2D eigenvalue weighted by molar-refractivity contribution is 8.01. The second-order valence-electron chi connectivity index (χ2n) is 3.11. The fourth-order valence-electron chi connectivity index (χ4n) is 1.13. The van der Waals surface area contributed by atoms with Crippen LogP contribution in [0.25, 0.3) is 0 Å². The molecular weight excluding hydrogens is 240 g/mol. The van der Waals surface area contributed by atoms with Crippen LogP contribution < -0.4 is 5.32 Å². The molecule has 1 N–H and O–H groups in total. The topological polar surface area (TPSA) is 50.7 Å². The molecule has 0 aliphatic rings. The van der Waals surface area contributed by atoms with Crippen LogP contribution in [0, 0.1) is 0 Å². The number of pyridine rings is 1. The van der Waals surface area contributed by atoms with E-state index in [1.54, 1.807) is 24.3 Å². The summed E-state index contributed by atoms with van der Waals surface area (Å²) >= 11 is 3.01. The van der Waals surface area contributed by atoms with Gasteiger partial charge in [0.2, 0.25) is 0 Å². The van der Waals surface area contributed by atoms with E-state index in [9.17, 15) is 0 Å². The zero-order valence-corrected chi connectivity index (χ0v) is 10.5. The van der Waals surface area contributed by atoms with Crippen molar-refractivity contribution in [2.45, 2.75) is 22.6 Å². The van der Waals surface area contributed by atoms with E-state index in [0.29, 0.717) is 0 Å². The number of nitrogens with one attached hydrogen (secondary N) is 1. The molecule has 0 spiro atoms. The van der Waals surface area contributed by atoms with Crippen molar-refractivity contribution in [3.05, 3.63) is 24.7 Å². The second kappa shape index (κ2) is 5.81. The highest BCUT2D eigenvalue weighted by atomic mass is 32.2. The van der Waals surface area contributed by atoms with Crippen LogP contribution in [0.4, 0.5) is 5.82 Å². The van der Waals surface area contributed by atoms with Crippen LogP contribution in [0.15, 0.2) is 33.9 Å². The normalized spacial score (nSPS) is 10.3. The van der Waals surface area contributed by atoms with Crippen molar-refractivity contribution in [3.63, 3.8) is 0 Å². The number of nitrogens with zero attached hydrogens (tertiary/aromatic N) is 3. The average molecular weight is 252 g/mol. The van der Waals surface area contributed by atoms with Crippen molar-refractivity contribution in [2.75, 3.05) is 11.9 Å². The van der Waals surface area contributed by atoms with Gasteiger partial charge in [-0.15, -0.1) is 0 Å². The van der Waals surface area contributed by atoms with Gasteiger partial charge in [-0.2, -0.15) is 4.37 Å². The van der Waals surface area contributed by atoms with Gasteiger partial charge in [-0.25, -0.2) is 9.97 Å². The summed E-state index contributed by atoms with van der Waals surface area (Å²) in [4.78, 5) is 9.51. The van der Waals surface area contributed by atoms with Crippen molar-refractivity contribution in [3.8, 4) is 0 Å². The third kappa shape index (κ3) is 3.18. The minimum atomic E-state index is 0.913. The van der Waals surface area contributed by atoms with Crippen molar-refractivity contribution >= 4 is 29.1 Å². The summed E-state index contributed by atoms with van der Waals surface area (Å²) in [6, 6.07) is 4.00. The molecule has 0 saturated carbocycles. The van der Waals surface area contributed by atoms with Gasteiger partial charge in [-0.05, 0) is 30.1 Å². The van der Waals surface area contributed by atoms with E-state index < -0.39 is 0 Å². The van der Waals surface area contributed by atoms with Crippen LogP contribution in [-0.2, 0) is 0 Å².